The van der Waals surface area contributed by atoms with Crippen LogP contribution in [0.3, 0.4) is 0 Å². The number of aromatic nitrogens is 4. The molecule has 0 saturated carbocycles. The number of hydrogen-bond acceptors (Lipinski definition) is 5. The Labute approximate surface area is 183 Å². The highest BCUT2D eigenvalue weighted by Gasteiger charge is 2.17. The van der Waals surface area contributed by atoms with Gasteiger partial charge in [-0.3, -0.25) is 14.3 Å². The van der Waals surface area contributed by atoms with Crippen LogP contribution in [0.2, 0.25) is 5.02 Å². The van der Waals surface area contributed by atoms with Crippen LogP contribution in [0, 0.1) is 6.92 Å². The molecule has 0 unspecified atom stereocenters. The molecule has 6 nitrogen and oxygen atoms in total. The van der Waals surface area contributed by atoms with Gasteiger partial charge in [0.1, 0.15) is 0 Å². The van der Waals surface area contributed by atoms with Gasteiger partial charge in [-0.1, -0.05) is 47.6 Å². The van der Waals surface area contributed by atoms with Gasteiger partial charge in [-0.15, -0.1) is 10.2 Å². The van der Waals surface area contributed by atoms with Gasteiger partial charge < -0.3 is 5.32 Å². The number of carbonyl (C=O) groups is 1. The maximum atomic E-state index is 12.5. The fraction of sp³-hybridized carbons (Fsp3) is 0.0909. The summed E-state index contributed by atoms with van der Waals surface area (Å²) < 4.78 is 1.93. The number of amides is 1. The molecule has 2 aromatic heterocycles. The van der Waals surface area contributed by atoms with E-state index in [1.54, 1.807) is 18.5 Å². The van der Waals surface area contributed by atoms with Crippen LogP contribution in [0.5, 0.6) is 0 Å². The van der Waals surface area contributed by atoms with Crippen molar-refractivity contribution in [2.45, 2.75) is 12.1 Å². The van der Waals surface area contributed by atoms with E-state index in [0.29, 0.717) is 21.7 Å². The van der Waals surface area contributed by atoms with E-state index in [2.05, 4.69) is 20.5 Å². The molecule has 2 heterocycles. The molecule has 4 aromatic rings. The number of pyridine rings is 1. The summed E-state index contributed by atoms with van der Waals surface area (Å²) in [5, 5.41) is 12.8. The lowest BCUT2D eigenvalue weighted by Gasteiger charge is -2.11. The highest BCUT2D eigenvalue weighted by atomic mass is 35.5. The lowest BCUT2D eigenvalue weighted by Crippen LogP contribution is -2.15. The maximum absolute atomic E-state index is 12.5. The predicted octanol–water partition coefficient (Wildman–Crippen LogP) is 5.02. The fourth-order valence-corrected chi connectivity index (χ4v) is 3.84. The van der Waals surface area contributed by atoms with Gasteiger partial charge in [-0.25, -0.2) is 0 Å². The van der Waals surface area contributed by atoms with Crippen LogP contribution in [0.1, 0.15) is 5.56 Å². The first-order valence-corrected chi connectivity index (χ1v) is 10.6. The molecule has 4 rings (SSSR count). The minimum atomic E-state index is -0.143. The molecule has 0 fully saturated rings. The molecule has 0 aliphatic heterocycles. The maximum Gasteiger partial charge on any atom is 0.234 e. The Morgan fingerprint density at radius 2 is 1.90 bits per heavy atom. The van der Waals surface area contributed by atoms with E-state index in [1.165, 1.54) is 11.8 Å². The van der Waals surface area contributed by atoms with Gasteiger partial charge in [0.2, 0.25) is 5.91 Å². The van der Waals surface area contributed by atoms with Gasteiger partial charge in [-0.05, 0) is 48.9 Å². The first kappa shape index (κ1) is 20.1. The Hall–Kier alpha value is -3.16. The number of halogens is 1. The number of anilines is 1. The van der Waals surface area contributed by atoms with Gasteiger partial charge in [0.15, 0.2) is 11.0 Å². The van der Waals surface area contributed by atoms with Crippen molar-refractivity contribution in [1.82, 2.24) is 19.7 Å². The third-order valence-electron chi connectivity index (χ3n) is 4.44. The van der Waals surface area contributed by atoms with E-state index in [4.69, 9.17) is 11.6 Å². The molecule has 0 aliphatic rings. The Balaban J connectivity index is 1.58. The largest absolute Gasteiger partial charge is 0.325 e. The van der Waals surface area contributed by atoms with Crippen molar-refractivity contribution in [3.8, 4) is 17.1 Å². The second-order valence-electron chi connectivity index (χ2n) is 6.47. The number of thioether (sulfide) groups is 1. The van der Waals surface area contributed by atoms with Gasteiger partial charge in [0.25, 0.3) is 0 Å². The SMILES string of the molecule is Cc1c(Cl)cccc1NC(=O)CSc1nnc(-c2cccnc2)n1-c1ccccc1. The van der Waals surface area contributed by atoms with Crippen molar-refractivity contribution >= 4 is 35.0 Å². The number of hydrogen-bond donors (Lipinski definition) is 1. The topological polar surface area (TPSA) is 72.7 Å². The molecule has 0 saturated heterocycles. The smallest absolute Gasteiger partial charge is 0.234 e. The third kappa shape index (κ3) is 4.37. The molecular weight excluding hydrogens is 418 g/mol. The molecule has 0 aliphatic carbocycles. The average Bonchev–Trinajstić information content (AvgIpc) is 3.21. The molecule has 150 valence electrons. The zero-order valence-electron chi connectivity index (χ0n) is 16.1. The first-order chi connectivity index (χ1) is 14.6. The van der Waals surface area contributed by atoms with Crippen molar-refractivity contribution in [2.75, 3.05) is 11.1 Å². The minimum absolute atomic E-state index is 0.143. The normalized spacial score (nSPS) is 10.7. The van der Waals surface area contributed by atoms with Gasteiger partial charge >= 0.3 is 0 Å². The number of rotatable bonds is 6. The van der Waals surface area contributed by atoms with Gasteiger partial charge in [0.05, 0.1) is 5.75 Å². The zero-order valence-corrected chi connectivity index (χ0v) is 17.7. The summed E-state index contributed by atoms with van der Waals surface area (Å²) in [6.45, 7) is 1.87. The summed E-state index contributed by atoms with van der Waals surface area (Å²) in [4.78, 5) is 16.7. The van der Waals surface area contributed by atoms with Crippen LogP contribution in [-0.2, 0) is 4.79 Å². The molecule has 0 atom stereocenters. The molecule has 1 amide bonds. The van der Waals surface area contributed by atoms with Crippen LogP contribution >= 0.6 is 23.4 Å². The first-order valence-electron chi connectivity index (χ1n) is 9.22. The Kier molecular flexibility index (Phi) is 6.11. The van der Waals surface area contributed by atoms with Crippen molar-refractivity contribution < 1.29 is 4.79 Å². The van der Waals surface area contributed by atoms with Crippen LogP contribution in [0.4, 0.5) is 5.69 Å². The lowest BCUT2D eigenvalue weighted by atomic mass is 10.2. The van der Waals surface area contributed by atoms with Crippen LogP contribution in [-0.4, -0.2) is 31.4 Å². The molecule has 0 bridgehead atoms. The van der Waals surface area contributed by atoms with E-state index in [-0.39, 0.29) is 11.7 Å². The van der Waals surface area contributed by atoms with Crippen molar-refractivity contribution in [1.29, 1.82) is 0 Å². The number of para-hydroxylation sites is 1. The number of nitrogens with zero attached hydrogens (tertiary/aromatic N) is 4. The minimum Gasteiger partial charge on any atom is -0.325 e. The highest BCUT2D eigenvalue weighted by Crippen LogP contribution is 2.28. The van der Waals surface area contributed by atoms with Gasteiger partial charge in [-0.2, -0.15) is 0 Å². The summed E-state index contributed by atoms with van der Waals surface area (Å²) in [5.74, 6) is 0.711. The zero-order chi connectivity index (χ0) is 20.9. The summed E-state index contributed by atoms with van der Waals surface area (Å²) in [5.41, 5.74) is 3.30. The highest BCUT2D eigenvalue weighted by molar-refractivity contribution is 7.99. The van der Waals surface area contributed by atoms with E-state index >= 15 is 0 Å². The van der Waals surface area contributed by atoms with E-state index in [0.717, 1.165) is 16.8 Å². The summed E-state index contributed by atoms with van der Waals surface area (Å²) in [6, 6.07) is 19.0. The Morgan fingerprint density at radius 3 is 2.67 bits per heavy atom. The second-order valence-corrected chi connectivity index (χ2v) is 7.82. The Morgan fingerprint density at radius 1 is 1.07 bits per heavy atom. The lowest BCUT2D eigenvalue weighted by molar-refractivity contribution is -0.113. The van der Waals surface area contributed by atoms with E-state index in [1.807, 2.05) is 66.1 Å². The van der Waals surface area contributed by atoms with Crippen LogP contribution in [0.25, 0.3) is 17.1 Å². The number of nitrogens with one attached hydrogen (secondary N) is 1. The van der Waals surface area contributed by atoms with E-state index in [9.17, 15) is 4.79 Å². The molecular formula is C22H18ClN5OS. The third-order valence-corrected chi connectivity index (χ3v) is 5.78. The van der Waals surface area contributed by atoms with Crippen LogP contribution < -0.4 is 5.32 Å². The molecule has 2 aromatic carbocycles. The molecule has 8 heteroatoms. The van der Waals surface area contributed by atoms with Crippen molar-refractivity contribution in [2.24, 2.45) is 0 Å². The summed E-state index contributed by atoms with van der Waals surface area (Å²) in [6.07, 6.45) is 3.46. The molecule has 30 heavy (non-hydrogen) atoms. The quantitative estimate of drug-likeness (QED) is 0.430. The summed E-state index contributed by atoms with van der Waals surface area (Å²) in [7, 11) is 0. The number of benzene rings is 2. The molecule has 0 spiro atoms. The molecule has 0 radical (unpaired) electrons. The number of carbonyl (C=O) groups excluding carboxylic acids is 1. The van der Waals surface area contributed by atoms with Crippen molar-refractivity contribution in [3.63, 3.8) is 0 Å². The van der Waals surface area contributed by atoms with Gasteiger partial charge in [0, 0.05) is 34.4 Å². The van der Waals surface area contributed by atoms with Crippen molar-refractivity contribution in [3.05, 3.63) is 83.6 Å². The molecule has 1 N–H and O–H groups in total. The monoisotopic (exact) mass is 435 g/mol. The van der Waals surface area contributed by atoms with Crippen LogP contribution in [0.15, 0.2) is 78.2 Å². The Bertz CT molecular complexity index is 1160. The standard InChI is InChI=1S/C22H18ClN5OS/c1-15-18(23)10-5-11-19(15)25-20(29)14-30-22-27-26-21(16-7-6-12-24-13-16)28(22)17-8-3-2-4-9-17/h2-13H,14H2,1H3,(H,25,29). The fourth-order valence-electron chi connectivity index (χ4n) is 2.91. The predicted molar refractivity (Wildman–Crippen MR) is 120 cm³/mol. The van der Waals surface area contributed by atoms with E-state index < -0.39 is 0 Å². The average molecular weight is 436 g/mol. The summed E-state index contributed by atoms with van der Waals surface area (Å²) >= 11 is 7.46. The second kappa shape index (κ2) is 9.11.